The molecule has 0 fully saturated rings. The van der Waals surface area contributed by atoms with Crippen molar-refractivity contribution in [2.75, 3.05) is 0 Å². The van der Waals surface area contributed by atoms with Crippen LogP contribution in [0.5, 0.6) is 0 Å². The van der Waals surface area contributed by atoms with Gasteiger partial charge >= 0.3 is 0 Å². The zero-order chi connectivity index (χ0) is 8.91. The highest BCUT2D eigenvalue weighted by Gasteiger charge is 2.26. The molecule has 0 spiro atoms. The molecule has 2 unspecified atom stereocenters. The van der Waals surface area contributed by atoms with Crippen LogP contribution in [-0.4, -0.2) is 21.9 Å². The smallest absolute Gasteiger partial charge is 0.101 e. The molecule has 0 saturated heterocycles. The van der Waals surface area contributed by atoms with E-state index < -0.39 is 11.7 Å². The first-order chi connectivity index (χ1) is 5.04. The maximum Gasteiger partial charge on any atom is 0.101 e. The molecule has 0 aromatic rings. The zero-order valence-corrected chi connectivity index (χ0v) is 9.08. The van der Waals surface area contributed by atoms with Gasteiger partial charge in [0.05, 0.1) is 5.60 Å². The summed E-state index contributed by atoms with van der Waals surface area (Å²) in [5.74, 6) is 0. The average Bonchev–Trinajstić information content (AvgIpc) is 1.88. The summed E-state index contributed by atoms with van der Waals surface area (Å²) < 4.78 is 1.71. The van der Waals surface area contributed by atoms with E-state index in [2.05, 4.69) is 0 Å². The molecule has 0 rings (SSSR count). The Balaban J connectivity index is 4.04. The summed E-state index contributed by atoms with van der Waals surface area (Å²) in [7, 11) is 0. The molecule has 2 nitrogen and oxygen atoms in total. The monoisotopic (exact) mass is 270 g/mol. The lowest BCUT2D eigenvalue weighted by atomic mass is 9.94. The van der Waals surface area contributed by atoms with Gasteiger partial charge in [-0.3, -0.25) is 0 Å². The Morgan fingerprint density at radius 2 is 2.18 bits per heavy atom. The van der Waals surface area contributed by atoms with Crippen molar-refractivity contribution in [3.63, 3.8) is 0 Å². The van der Waals surface area contributed by atoms with Gasteiger partial charge in [0.2, 0.25) is 0 Å². The van der Waals surface area contributed by atoms with Crippen molar-refractivity contribution < 1.29 is 10.2 Å². The van der Waals surface area contributed by atoms with E-state index in [0.29, 0.717) is 6.42 Å². The van der Waals surface area contributed by atoms with Crippen LogP contribution < -0.4 is 0 Å². The summed E-state index contributed by atoms with van der Waals surface area (Å²) in [6.45, 7) is 3.63. The lowest BCUT2D eigenvalue weighted by molar-refractivity contribution is -0.0436. The first-order valence-electron chi connectivity index (χ1n) is 3.72. The van der Waals surface area contributed by atoms with Crippen LogP contribution in [0.2, 0.25) is 0 Å². The standard InChI is InChI=1S/C8H15IO2/c1-3-5-8(2,11)7(10)4-6-9/h4,6-7,10-11H,3,5H2,1-2H3. The van der Waals surface area contributed by atoms with Crippen molar-refractivity contribution >= 4 is 22.6 Å². The second kappa shape index (κ2) is 5.11. The Labute approximate surface area is 81.5 Å². The molecule has 0 aromatic heterocycles. The molecule has 0 heterocycles. The molecule has 0 amide bonds. The molecule has 3 heteroatoms. The van der Waals surface area contributed by atoms with Gasteiger partial charge in [-0.2, -0.15) is 0 Å². The van der Waals surface area contributed by atoms with E-state index in [-0.39, 0.29) is 0 Å². The van der Waals surface area contributed by atoms with Crippen molar-refractivity contribution in [3.05, 3.63) is 10.2 Å². The second-order valence-corrected chi connectivity index (χ2v) is 3.59. The highest BCUT2D eigenvalue weighted by Crippen LogP contribution is 2.17. The minimum absolute atomic E-state index is 0.620. The quantitative estimate of drug-likeness (QED) is 0.765. The Morgan fingerprint density at radius 3 is 2.55 bits per heavy atom. The molecular formula is C8H15IO2. The fraction of sp³-hybridized carbons (Fsp3) is 0.750. The maximum atomic E-state index is 9.61. The first-order valence-corrected chi connectivity index (χ1v) is 4.96. The predicted molar refractivity (Wildman–Crippen MR) is 54.7 cm³/mol. The normalized spacial score (nSPS) is 20.1. The van der Waals surface area contributed by atoms with Crippen molar-refractivity contribution in [1.29, 1.82) is 0 Å². The van der Waals surface area contributed by atoms with Gasteiger partial charge in [-0.15, -0.1) is 0 Å². The van der Waals surface area contributed by atoms with Gasteiger partial charge in [-0.1, -0.05) is 35.9 Å². The third-order valence-corrected chi connectivity index (χ3v) is 2.06. The lowest BCUT2D eigenvalue weighted by Gasteiger charge is -2.26. The molecule has 0 bridgehead atoms. The van der Waals surface area contributed by atoms with E-state index in [4.69, 9.17) is 0 Å². The van der Waals surface area contributed by atoms with Crippen LogP contribution in [0.1, 0.15) is 26.7 Å². The number of aliphatic hydroxyl groups excluding tert-OH is 1. The van der Waals surface area contributed by atoms with Crippen LogP contribution in [0, 0.1) is 0 Å². The Bertz CT molecular complexity index is 132. The zero-order valence-electron chi connectivity index (χ0n) is 6.92. The van der Waals surface area contributed by atoms with Gasteiger partial charge in [0.1, 0.15) is 6.10 Å². The summed E-state index contributed by atoms with van der Waals surface area (Å²) in [5, 5.41) is 19.0. The molecule has 0 saturated carbocycles. The van der Waals surface area contributed by atoms with Gasteiger partial charge < -0.3 is 10.2 Å². The number of hydrogen-bond acceptors (Lipinski definition) is 2. The fourth-order valence-corrected chi connectivity index (χ4v) is 1.32. The highest BCUT2D eigenvalue weighted by atomic mass is 127. The molecular weight excluding hydrogens is 255 g/mol. The molecule has 0 aromatic carbocycles. The number of aliphatic hydroxyl groups is 2. The van der Waals surface area contributed by atoms with Gasteiger partial charge in [-0.25, -0.2) is 0 Å². The summed E-state index contributed by atoms with van der Waals surface area (Å²) in [5.41, 5.74) is -0.976. The molecule has 11 heavy (non-hydrogen) atoms. The molecule has 2 N–H and O–H groups in total. The van der Waals surface area contributed by atoms with Crippen molar-refractivity contribution in [2.45, 2.75) is 38.4 Å². The summed E-state index contributed by atoms with van der Waals surface area (Å²) in [4.78, 5) is 0. The third-order valence-electron chi connectivity index (χ3n) is 1.65. The summed E-state index contributed by atoms with van der Waals surface area (Å²) in [6, 6.07) is 0. The molecule has 0 aliphatic rings. The van der Waals surface area contributed by atoms with Crippen LogP contribution in [0.15, 0.2) is 10.2 Å². The van der Waals surface area contributed by atoms with E-state index in [1.54, 1.807) is 17.1 Å². The van der Waals surface area contributed by atoms with Crippen LogP contribution in [0.4, 0.5) is 0 Å². The largest absolute Gasteiger partial charge is 0.387 e. The van der Waals surface area contributed by atoms with E-state index in [1.807, 2.05) is 29.5 Å². The predicted octanol–water partition coefficient (Wildman–Crippen LogP) is 1.85. The van der Waals surface area contributed by atoms with Gasteiger partial charge in [0, 0.05) is 0 Å². The highest BCUT2D eigenvalue weighted by molar-refractivity contribution is 14.1. The minimum Gasteiger partial charge on any atom is -0.387 e. The number of halogens is 1. The Morgan fingerprint density at radius 1 is 1.64 bits per heavy atom. The Kier molecular flexibility index (Phi) is 5.29. The molecule has 0 aliphatic heterocycles. The molecule has 0 aliphatic carbocycles. The van der Waals surface area contributed by atoms with E-state index in [0.717, 1.165) is 6.42 Å². The molecule has 66 valence electrons. The second-order valence-electron chi connectivity index (χ2n) is 2.87. The van der Waals surface area contributed by atoms with Crippen LogP contribution in [-0.2, 0) is 0 Å². The number of hydrogen-bond donors (Lipinski definition) is 2. The fourth-order valence-electron chi connectivity index (χ4n) is 0.930. The minimum atomic E-state index is -0.976. The van der Waals surface area contributed by atoms with Crippen molar-refractivity contribution in [2.24, 2.45) is 0 Å². The van der Waals surface area contributed by atoms with Gasteiger partial charge in [0.15, 0.2) is 0 Å². The molecule has 2 atom stereocenters. The lowest BCUT2D eigenvalue weighted by Crippen LogP contribution is -2.37. The maximum absolute atomic E-state index is 9.61. The van der Waals surface area contributed by atoms with Crippen LogP contribution >= 0.6 is 22.6 Å². The summed E-state index contributed by atoms with van der Waals surface area (Å²) >= 11 is 2.02. The van der Waals surface area contributed by atoms with E-state index in [9.17, 15) is 10.2 Å². The van der Waals surface area contributed by atoms with Crippen molar-refractivity contribution in [1.82, 2.24) is 0 Å². The van der Waals surface area contributed by atoms with Crippen LogP contribution in [0.3, 0.4) is 0 Å². The molecule has 0 radical (unpaired) electrons. The van der Waals surface area contributed by atoms with E-state index in [1.165, 1.54) is 0 Å². The Hall–Kier alpha value is 0.390. The first kappa shape index (κ1) is 11.4. The van der Waals surface area contributed by atoms with Crippen molar-refractivity contribution in [3.8, 4) is 0 Å². The number of rotatable bonds is 4. The summed E-state index contributed by atoms with van der Waals surface area (Å²) in [6.07, 6.45) is 2.34. The third kappa shape index (κ3) is 4.08. The van der Waals surface area contributed by atoms with E-state index >= 15 is 0 Å². The average molecular weight is 270 g/mol. The van der Waals surface area contributed by atoms with Gasteiger partial charge in [-0.05, 0) is 23.5 Å². The van der Waals surface area contributed by atoms with Crippen LogP contribution in [0.25, 0.3) is 0 Å². The van der Waals surface area contributed by atoms with Gasteiger partial charge in [0.25, 0.3) is 0 Å². The SMILES string of the molecule is CCCC(C)(O)C(O)C=CI. The topological polar surface area (TPSA) is 40.5 Å².